The van der Waals surface area contributed by atoms with Crippen LogP contribution in [0.2, 0.25) is 0 Å². The number of halogens is 1. The van der Waals surface area contributed by atoms with E-state index in [1.165, 1.54) is 5.56 Å². The molecule has 2 aliphatic heterocycles. The summed E-state index contributed by atoms with van der Waals surface area (Å²) < 4.78 is 6.73. The molecule has 1 atom stereocenters. The van der Waals surface area contributed by atoms with Gasteiger partial charge in [0.25, 0.3) is 0 Å². The number of carboxylic acids is 1. The fraction of sp³-hybridized carbons (Fsp3) is 0.500. The molecule has 108 valence electrons. The third-order valence-corrected chi connectivity index (χ3v) is 4.48. The number of aliphatic carboxylic acids is 1. The Balaban J connectivity index is 1.78. The summed E-state index contributed by atoms with van der Waals surface area (Å²) in [5.41, 5.74) is 7.10. The van der Waals surface area contributed by atoms with E-state index in [1.54, 1.807) is 0 Å². The summed E-state index contributed by atoms with van der Waals surface area (Å²) in [5.74, 6) is 0.0359. The number of nitrogens with zero attached hydrogens (tertiary/aromatic N) is 1. The predicted octanol–water partition coefficient (Wildman–Crippen LogP) is 1.37. The highest BCUT2D eigenvalue weighted by molar-refractivity contribution is 9.10. The molecule has 0 bridgehead atoms. The van der Waals surface area contributed by atoms with Crippen molar-refractivity contribution in [2.24, 2.45) is 5.73 Å². The second kappa shape index (κ2) is 5.02. The van der Waals surface area contributed by atoms with Crippen molar-refractivity contribution in [1.29, 1.82) is 0 Å². The van der Waals surface area contributed by atoms with Crippen LogP contribution in [0.15, 0.2) is 16.6 Å². The molecule has 1 aromatic rings. The fourth-order valence-electron chi connectivity index (χ4n) is 2.93. The summed E-state index contributed by atoms with van der Waals surface area (Å²) in [5, 5.41) is 9.17. The third kappa shape index (κ3) is 2.43. The summed E-state index contributed by atoms with van der Waals surface area (Å²) in [6.07, 6.45) is 1.41. The Hall–Kier alpha value is -1.11. The van der Waals surface area contributed by atoms with Crippen LogP contribution in [0.4, 0.5) is 0 Å². The summed E-state index contributed by atoms with van der Waals surface area (Å²) >= 11 is 3.52. The standard InChI is InChI=1S/C14H17BrN2O3/c15-11-5-9-1-4-20-12(9)10(6-11)7-17-3-2-14(16,8-17)13(18)19/h5-6H,1-4,7-8,16H2,(H,18,19). The maximum absolute atomic E-state index is 11.2. The van der Waals surface area contributed by atoms with E-state index in [2.05, 4.69) is 26.9 Å². The molecule has 0 amide bonds. The average Bonchev–Trinajstić information content (AvgIpc) is 2.97. The molecule has 5 nitrogen and oxygen atoms in total. The lowest BCUT2D eigenvalue weighted by Gasteiger charge is -2.21. The van der Waals surface area contributed by atoms with Gasteiger partial charge in [-0.05, 0) is 24.1 Å². The zero-order chi connectivity index (χ0) is 14.3. The van der Waals surface area contributed by atoms with Crippen molar-refractivity contribution in [2.45, 2.75) is 24.9 Å². The minimum Gasteiger partial charge on any atom is -0.493 e. The van der Waals surface area contributed by atoms with Gasteiger partial charge in [0.1, 0.15) is 11.3 Å². The van der Waals surface area contributed by atoms with Gasteiger partial charge in [0.2, 0.25) is 0 Å². The van der Waals surface area contributed by atoms with E-state index in [0.717, 1.165) is 28.8 Å². The molecule has 1 fully saturated rings. The van der Waals surface area contributed by atoms with Crippen LogP contribution in [0, 0.1) is 0 Å². The zero-order valence-electron chi connectivity index (χ0n) is 11.1. The number of benzene rings is 1. The van der Waals surface area contributed by atoms with E-state index >= 15 is 0 Å². The predicted molar refractivity (Wildman–Crippen MR) is 77.8 cm³/mol. The SMILES string of the molecule is NC1(C(=O)O)CCN(Cc2cc(Br)cc3c2OCC3)C1. The summed E-state index contributed by atoms with van der Waals surface area (Å²) in [4.78, 5) is 13.3. The molecule has 0 aliphatic carbocycles. The van der Waals surface area contributed by atoms with Crippen LogP contribution < -0.4 is 10.5 Å². The molecule has 0 spiro atoms. The number of carboxylic acid groups (broad SMARTS) is 1. The average molecular weight is 341 g/mol. The van der Waals surface area contributed by atoms with Crippen LogP contribution in [0.3, 0.4) is 0 Å². The van der Waals surface area contributed by atoms with Crippen LogP contribution in [-0.4, -0.2) is 41.2 Å². The lowest BCUT2D eigenvalue weighted by atomic mass is 10.0. The van der Waals surface area contributed by atoms with E-state index in [0.29, 0.717) is 26.1 Å². The third-order valence-electron chi connectivity index (χ3n) is 4.03. The van der Waals surface area contributed by atoms with Crippen LogP contribution in [0.1, 0.15) is 17.5 Å². The highest BCUT2D eigenvalue weighted by Gasteiger charge is 2.41. The maximum atomic E-state index is 11.2. The van der Waals surface area contributed by atoms with Crippen molar-refractivity contribution >= 4 is 21.9 Å². The van der Waals surface area contributed by atoms with E-state index in [4.69, 9.17) is 10.5 Å². The van der Waals surface area contributed by atoms with Crippen molar-refractivity contribution in [2.75, 3.05) is 19.7 Å². The number of ether oxygens (including phenoxy) is 1. The Kier molecular flexibility index (Phi) is 3.48. The van der Waals surface area contributed by atoms with E-state index in [1.807, 2.05) is 6.07 Å². The number of carbonyl (C=O) groups is 1. The summed E-state index contributed by atoms with van der Waals surface area (Å²) in [6, 6.07) is 4.13. The van der Waals surface area contributed by atoms with Crippen LogP contribution >= 0.6 is 15.9 Å². The Morgan fingerprint density at radius 3 is 3.05 bits per heavy atom. The largest absolute Gasteiger partial charge is 0.493 e. The van der Waals surface area contributed by atoms with Gasteiger partial charge in [-0.15, -0.1) is 0 Å². The Bertz CT molecular complexity index is 564. The molecular weight excluding hydrogens is 324 g/mol. The molecule has 0 aromatic heterocycles. The van der Waals surface area contributed by atoms with Crippen molar-refractivity contribution in [3.8, 4) is 5.75 Å². The van der Waals surface area contributed by atoms with Crippen molar-refractivity contribution in [3.05, 3.63) is 27.7 Å². The van der Waals surface area contributed by atoms with Crippen molar-refractivity contribution < 1.29 is 14.6 Å². The first kappa shape index (κ1) is 13.9. The van der Waals surface area contributed by atoms with Gasteiger partial charge in [0, 0.05) is 36.1 Å². The molecular formula is C14H17BrN2O3. The molecule has 1 saturated heterocycles. The lowest BCUT2D eigenvalue weighted by molar-refractivity contribution is -0.142. The normalized spacial score (nSPS) is 25.5. The summed E-state index contributed by atoms with van der Waals surface area (Å²) in [7, 11) is 0. The summed E-state index contributed by atoms with van der Waals surface area (Å²) in [6.45, 7) is 2.47. The quantitative estimate of drug-likeness (QED) is 0.869. The van der Waals surface area contributed by atoms with Gasteiger partial charge in [0.15, 0.2) is 0 Å². The van der Waals surface area contributed by atoms with Crippen LogP contribution in [-0.2, 0) is 17.8 Å². The topological polar surface area (TPSA) is 75.8 Å². The highest BCUT2D eigenvalue weighted by atomic mass is 79.9. The molecule has 1 unspecified atom stereocenters. The molecule has 6 heteroatoms. The molecule has 0 saturated carbocycles. The molecule has 2 heterocycles. The fourth-order valence-corrected chi connectivity index (χ4v) is 3.48. The van der Waals surface area contributed by atoms with Gasteiger partial charge in [-0.2, -0.15) is 0 Å². The number of likely N-dealkylation sites (tertiary alicyclic amines) is 1. The Morgan fingerprint density at radius 2 is 2.35 bits per heavy atom. The smallest absolute Gasteiger partial charge is 0.325 e. The second-order valence-corrected chi connectivity index (χ2v) is 6.49. The molecule has 2 aliphatic rings. The minimum absolute atomic E-state index is 0.379. The van der Waals surface area contributed by atoms with Gasteiger partial charge in [0.05, 0.1) is 6.61 Å². The van der Waals surface area contributed by atoms with Crippen LogP contribution in [0.5, 0.6) is 5.75 Å². The number of fused-ring (bicyclic) bond motifs is 1. The first-order valence-corrected chi connectivity index (χ1v) is 7.46. The number of hydrogen-bond donors (Lipinski definition) is 2. The minimum atomic E-state index is -1.12. The van der Waals surface area contributed by atoms with Gasteiger partial charge < -0.3 is 15.6 Å². The second-order valence-electron chi connectivity index (χ2n) is 5.57. The van der Waals surface area contributed by atoms with Crippen LogP contribution in [0.25, 0.3) is 0 Å². The molecule has 0 radical (unpaired) electrons. The molecule has 20 heavy (non-hydrogen) atoms. The molecule has 3 N–H and O–H groups in total. The van der Waals surface area contributed by atoms with E-state index < -0.39 is 11.5 Å². The van der Waals surface area contributed by atoms with Crippen molar-refractivity contribution in [1.82, 2.24) is 4.90 Å². The Morgan fingerprint density at radius 1 is 1.55 bits per heavy atom. The zero-order valence-corrected chi connectivity index (χ0v) is 12.6. The maximum Gasteiger partial charge on any atom is 0.325 e. The first-order valence-electron chi connectivity index (χ1n) is 6.67. The van der Waals surface area contributed by atoms with E-state index in [-0.39, 0.29) is 0 Å². The number of rotatable bonds is 3. The lowest BCUT2D eigenvalue weighted by Crippen LogP contribution is -2.50. The molecule has 1 aromatic carbocycles. The number of hydrogen-bond acceptors (Lipinski definition) is 4. The number of nitrogens with two attached hydrogens (primary N) is 1. The van der Waals surface area contributed by atoms with E-state index in [9.17, 15) is 9.90 Å². The van der Waals surface area contributed by atoms with Gasteiger partial charge in [-0.25, -0.2) is 0 Å². The highest BCUT2D eigenvalue weighted by Crippen LogP contribution is 2.34. The monoisotopic (exact) mass is 340 g/mol. The van der Waals surface area contributed by atoms with Gasteiger partial charge >= 0.3 is 5.97 Å². The van der Waals surface area contributed by atoms with Gasteiger partial charge in [-0.1, -0.05) is 15.9 Å². The molecule has 3 rings (SSSR count). The van der Waals surface area contributed by atoms with Crippen molar-refractivity contribution in [3.63, 3.8) is 0 Å². The first-order chi connectivity index (χ1) is 9.48. The Labute approximate surface area is 125 Å². The van der Waals surface area contributed by atoms with Gasteiger partial charge in [-0.3, -0.25) is 9.69 Å².